The number of likely N-dealkylation sites (tertiary alicyclic amines) is 1. The number of unbranched alkanes of at least 4 members (excludes halogenated alkanes) is 4. The van der Waals surface area contributed by atoms with E-state index in [2.05, 4.69) is 20.1 Å². The number of amides is 2. The summed E-state index contributed by atoms with van der Waals surface area (Å²) in [6, 6.07) is -0.822. The van der Waals surface area contributed by atoms with Gasteiger partial charge in [0.25, 0.3) is 0 Å². The number of esters is 1. The highest BCUT2D eigenvalue weighted by molar-refractivity contribution is 5.98. The van der Waals surface area contributed by atoms with E-state index in [9.17, 15) is 19.5 Å². The van der Waals surface area contributed by atoms with Crippen LogP contribution in [-0.2, 0) is 23.9 Å². The summed E-state index contributed by atoms with van der Waals surface area (Å²) < 4.78 is 12.5. The van der Waals surface area contributed by atoms with Crippen LogP contribution in [0.15, 0.2) is 25.3 Å². The van der Waals surface area contributed by atoms with Gasteiger partial charge in [0.15, 0.2) is 0 Å². The van der Waals surface area contributed by atoms with Gasteiger partial charge in [0.1, 0.15) is 17.6 Å². The summed E-state index contributed by atoms with van der Waals surface area (Å²) >= 11 is 0. The third kappa shape index (κ3) is 5.51. The maximum absolute atomic E-state index is 14.1. The van der Waals surface area contributed by atoms with E-state index in [1.807, 2.05) is 13.0 Å². The molecule has 5 atom stereocenters. The molecular weight excluding hydrogens is 472 g/mol. The summed E-state index contributed by atoms with van der Waals surface area (Å²) in [7, 11) is 0. The van der Waals surface area contributed by atoms with Gasteiger partial charge in [-0.15, -0.1) is 13.2 Å². The molecule has 8 heteroatoms. The molecule has 0 aromatic carbocycles. The van der Waals surface area contributed by atoms with E-state index < -0.39 is 35.0 Å². The van der Waals surface area contributed by atoms with E-state index in [4.69, 9.17) is 9.47 Å². The molecule has 8 nitrogen and oxygen atoms in total. The van der Waals surface area contributed by atoms with Crippen LogP contribution in [0.5, 0.6) is 0 Å². The lowest BCUT2D eigenvalue weighted by atomic mass is 9.65. The molecule has 3 saturated heterocycles. The SMILES string of the molecule is C=CCCCCOC(=O)[C@H]1[C@H]2C(=O)N(CCCO)C(C(=O)N(CC=C)CCCCC)C23CC[C@]1(CC)O3. The number of carbonyl (C=O) groups is 3. The minimum atomic E-state index is -1.06. The Balaban J connectivity index is 1.93. The Morgan fingerprint density at radius 3 is 2.59 bits per heavy atom. The fourth-order valence-corrected chi connectivity index (χ4v) is 6.66. The van der Waals surface area contributed by atoms with Gasteiger partial charge in [-0.05, 0) is 51.4 Å². The van der Waals surface area contributed by atoms with E-state index in [0.717, 1.165) is 38.5 Å². The van der Waals surface area contributed by atoms with Gasteiger partial charge in [-0.25, -0.2) is 0 Å². The molecule has 1 spiro atoms. The summed E-state index contributed by atoms with van der Waals surface area (Å²) in [5.41, 5.74) is -1.86. The van der Waals surface area contributed by atoms with Crippen molar-refractivity contribution in [1.29, 1.82) is 0 Å². The van der Waals surface area contributed by atoms with Crippen LogP contribution in [0.2, 0.25) is 0 Å². The van der Waals surface area contributed by atoms with Crippen molar-refractivity contribution >= 4 is 17.8 Å². The topological polar surface area (TPSA) is 96.4 Å². The second kappa shape index (κ2) is 13.1. The second-order valence-electron chi connectivity index (χ2n) is 10.7. The van der Waals surface area contributed by atoms with Crippen LogP contribution in [-0.4, -0.2) is 82.8 Å². The zero-order valence-corrected chi connectivity index (χ0v) is 22.8. The Morgan fingerprint density at radius 2 is 1.95 bits per heavy atom. The maximum atomic E-state index is 14.1. The van der Waals surface area contributed by atoms with Gasteiger partial charge >= 0.3 is 5.97 Å². The van der Waals surface area contributed by atoms with Crippen molar-refractivity contribution in [3.05, 3.63) is 25.3 Å². The molecule has 3 rings (SSSR count). The summed E-state index contributed by atoms with van der Waals surface area (Å²) in [5.74, 6) is -2.28. The first-order chi connectivity index (χ1) is 17.9. The van der Waals surface area contributed by atoms with Gasteiger partial charge in [-0.1, -0.05) is 38.8 Å². The van der Waals surface area contributed by atoms with Gasteiger partial charge in [-0.2, -0.15) is 0 Å². The maximum Gasteiger partial charge on any atom is 0.312 e. The average Bonchev–Trinajstić information content (AvgIpc) is 3.50. The fourth-order valence-electron chi connectivity index (χ4n) is 6.66. The molecule has 3 aliphatic heterocycles. The molecule has 37 heavy (non-hydrogen) atoms. The van der Waals surface area contributed by atoms with Crippen molar-refractivity contribution in [1.82, 2.24) is 9.80 Å². The Labute approximate surface area is 222 Å². The average molecular weight is 519 g/mol. The summed E-state index contributed by atoms with van der Waals surface area (Å²) in [6.07, 6.45) is 11.0. The van der Waals surface area contributed by atoms with E-state index in [1.54, 1.807) is 15.9 Å². The molecule has 3 heterocycles. The number of carbonyl (C=O) groups excluding carboxylic acids is 3. The molecule has 3 fully saturated rings. The zero-order valence-electron chi connectivity index (χ0n) is 22.8. The number of hydrogen-bond acceptors (Lipinski definition) is 6. The normalized spacial score (nSPS) is 29.9. The highest BCUT2D eigenvalue weighted by atomic mass is 16.6. The summed E-state index contributed by atoms with van der Waals surface area (Å²) in [4.78, 5) is 44.9. The highest BCUT2D eigenvalue weighted by Crippen LogP contribution is 2.64. The standard InChI is InChI=1S/C29H46N2O6/c1-5-9-11-13-21-36-27(35)23-22-25(33)31(19-14-20-32)24(29(22)16-15-28(23,8-4)37-29)26(34)30(17-7-3)18-12-10-6-2/h5,7,22-24,32H,1,3,6,8-21H2,2,4H3/t22-,23+,24?,28-,29?/m0/s1. The molecule has 2 bridgehead atoms. The van der Waals surface area contributed by atoms with Crippen molar-refractivity contribution in [3.63, 3.8) is 0 Å². The van der Waals surface area contributed by atoms with Gasteiger partial charge in [-0.3, -0.25) is 14.4 Å². The minimum absolute atomic E-state index is 0.0921. The molecule has 0 saturated carbocycles. The van der Waals surface area contributed by atoms with E-state index in [1.165, 1.54) is 0 Å². The zero-order chi connectivity index (χ0) is 27.1. The van der Waals surface area contributed by atoms with Crippen LogP contribution in [0.3, 0.4) is 0 Å². The predicted molar refractivity (Wildman–Crippen MR) is 142 cm³/mol. The quantitative estimate of drug-likeness (QED) is 0.179. The van der Waals surface area contributed by atoms with Crippen molar-refractivity contribution in [3.8, 4) is 0 Å². The van der Waals surface area contributed by atoms with Gasteiger partial charge in [0.2, 0.25) is 11.8 Å². The lowest BCUT2D eigenvalue weighted by Gasteiger charge is -2.37. The molecule has 3 aliphatic rings. The molecule has 1 N–H and O–H groups in total. The number of hydrogen-bond donors (Lipinski definition) is 1. The fraction of sp³-hybridized carbons (Fsp3) is 0.759. The Bertz CT molecular complexity index is 846. The molecule has 208 valence electrons. The minimum Gasteiger partial charge on any atom is -0.465 e. The number of aliphatic hydroxyl groups is 1. The van der Waals surface area contributed by atoms with Crippen molar-refractivity contribution in [2.45, 2.75) is 95.3 Å². The smallest absolute Gasteiger partial charge is 0.312 e. The van der Waals surface area contributed by atoms with Crippen LogP contribution in [0.25, 0.3) is 0 Å². The number of ether oxygens (including phenoxy) is 2. The van der Waals surface area contributed by atoms with Gasteiger partial charge < -0.3 is 24.4 Å². The number of rotatable bonds is 17. The van der Waals surface area contributed by atoms with Gasteiger partial charge in [0, 0.05) is 26.2 Å². The van der Waals surface area contributed by atoms with Gasteiger partial charge in [0.05, 0.1) is 18.1 Å². The second-order valence-corrected chi connectivity index (χ2v) is 10.7. The van der Waals surface area contributed by atoms with Crippen LogP contribution in [0.4, 0.5) is 0 Å². The first-order valence-corrected chi connectivity index (χ1v) is 14.2. The largest absolute Gasteiger partial charge is 0.465 e. The molecule has 2 amide bonds. The Hall–Kier alpha value is -2.19. The number of fused-ring (bicyclic) bond motifs is 1. The number of nitrogens with zero attached hydrogens (tertiary/aromatic N) is 2. The molecule has 0 aromatic rings. The van der Waals surface area contributed by atoms with E-state index in [0.29, 0.717) is 38.8 Å². The van der Waals surface area contributed by atoms with Crippen LogP contribution in [0, 0.1) is 11.8 Å². The van der Waals surface area contributed by atoms with Crippen molar-refractivity contribution in [2.75, 3.05) is 32.8 Å². The predicted octanol–water partition coefficient (Wildman–Crippen LogP) is 3.63. The first kappa shape index (κ1) is 29.4. The highest BCUT2D eigenvalue weighted by Gasteiger charge is 2.79. The number of allylic oxidation sites excluding steroid dienone is 1. The molecule has 2 unspecified atom stereocenters. The first-order valence-electron chi connectivity index (χ1n) is 14.2. The third-order valence-electron chi connectivity index (χ3n) is 8.47. The third-order valence-corrected chi connectivity index (χ3v) is 8.47. The molecule has 0 aromatic heterocycles. The lowest BCUT2D eigenvalue weighted by Crippen LogP contribution is -2.56. The number of aliphatic hydroxyl groups excluding tert-OH is 1. The van der Waals surface area contributed by atoms with Crippen LogP contribution >= 0.6 is 0 Å². The Kier molecular flexibility index (Phi) is 10.4. The van der Waals surface area contributed by atoms with E-state index in [-0.39, 0.29) is 31.6 Å². The lowest BCUT2D eigenvalue weighted by molar-refractivity contribution is -0.162. The molecule has 0 radical (unpaired) electrons. The summed E-state index contributed by atoms with van der Waals surface area (Å²) in [5, 5.41) is 9.53. The van der Waals surface area contributed by atoms with Crippen LogP contribution < -0.4 is 0 Å². The van der Waals surface area contributed by atoms with Crippen molar-refractivity contribution < 1.29 is 29.0 Å². The van der Waals surface area contributed by atoms with Crippen LogP contribution in [0.1, 0.15) is 78.1 Å². The summed E-state index contributed by atoms with van der Waals surface area (Å²) in [6.45, 7) is 13.1. The van der Waals surface area contributed by atoms with Crippen molar-refractivity contribution in [2.24, 2.45) is 11.8 Å². The van der Waals surface area contributed by atoms with E-state index >= 15 is 0 Å². The molecule has 0 aliphatic carbocycles. The molecular formula is C29H46N2O6. The Morgan fingerprint density at radius 1 is 1.16 bits per heavy atom. The monoisotopic (exact) mass is 518 g/mol.